The Morgan fingerprint density at radius 2 is 2.03 bits per heavy atom. The lowest BCUT2D eigenvalue weighted by Gasteiger charge is -2.20. The van der Waals surface area contributed by atoms with Crippen LogP contribution in [-0.4, -0.2) is 29.3 Å². The van der Waals surface area contributed by atoms with Crippen molar-refractivity contribution < 1.29 is 23.4 Å². The monoisotopic (exact) mass is 433 g/mol. The Bertz CT molecular complexity index is 1060. The molecule has 0 radical (unpaired) electrons. The Morgan fingerprint density at radius 3 is 2.70 bits per heavy atom. The van der Waals surface area contributed by atoms with Crippen LogP contribution in [0.25, 0.3) is 10.9 Å². The standard InChI is InChI=1S/C21H21ClFN3O4/c1-4-5-20(29-12(2)27)30-19-10-17-14(9-18(19)28-3)21(25-11-24-17)26-13-6-7-16(23)15(22)8-13/h6-11,20H,4-5H2,1-3H3,(H,24,25,26). The number of nitrogens with zero attached hydrogens (tertiary/aromatic N) is 2. The van der Waals surface area contributed by atoms with E-state index >= 15 is 0 Å². The molecule has 30 heavy (non-hydrogen) atoms. The van der Waals surface area contributed by atoms with Crippen molar-refractivity contribution >= 4 is 40.0 Å². The van der Waals surface area contributed by atoms with Crippen LogP contribution in [0.2, 0.25) is 5.02 Å². The molecule has 1 aromatic heterocycles. The number of carbonyl (C=O) groups is 1. The highest BCUT2D eigenvalue weighted by atomic mass is 35.5. The molecule has 1 N–H and O–H groups in total. The molecule has 1 unspecified atom stereocenters. The van der Waals surface area contributed by atoms with E-state index in [1.165, 1.54) is 32.5 Å². The van der Waals surface area contributed by atoms with Gasteiger partial charge in [0.05, 0.1) is 17.6 Å². The van der Waals surface area contributed by atoms with Crippen LogP contribution < -0.4 is 14.8 Å². The maximum atomic E-state index is 13.4. The zero-order valence-electron chi connectivity index (χ0n) is 16.7. The minimum absolute atomic E-state index is 0.000865. The van der Waals surface area contributed by atoms with Gasteiger partial charge in [-0.2, -0.15) is 0 Å². The Labute approximate surface area is 178 Å². The first-order valence-electron chi connectivity index (χ1n) is 9.30. The van der Waals surface area contributed by atoms with E-state index in [2.05, 4.69) is 15.3 Å². The summed E-state index contributed by atoms with van der Waals surface area (Å²) in [5.74, 6) is 0.357. The van der Waals surface area contributed by atoms with Gasteiger partial charge in [0.2, 0.25) is 6.29 Å². The summed E-state index contributed by atoms with van der Waals surface area (Å²) >= 11 is 5.86. The molecular formula is C21H21ClFN3O4. The van der Waals surface area contributed by atoms with Crippen LogP contribution in [0.3, 0.4) is 0 Å². The average molecular weight is 434 g/mol. The Balaban J connectivity index is 1.96. The summed E-state index contributed by atoms with van der Waals surface area (Å²) in [6.07, 6.45) is 1.95. The highest BCUT2D eigenvalue weighted by Crippen LogP contribution is 2.36. The lowest BCUT2D eigenvalue weighted by Crippen LogP contribution is -2.23. The molecule has 1 atom stereocenters. The summed E-state index contributed by atoms with van der Waals surface area (Å²) in [6.45, 7) is 3.29. The molecule has 2 aromatic carbocycles. The predicted molar refractivity (Wildman–Crippen MR) is 112 cm³/mol. The van der Waals surface area contributed by atoms with Gasteiger partial charge in [0.1, 0.15) is 18.0 Å². The fraction of sp³-hybridized carbons (Fsp3) is 0.286. The Morgan fingerprint density at radius 1 is 1.23 bits per heavy atom. The van der Waals surface area contributed by atoms with Crippen LogP contribution in [0, 0.1) is 5.82 Å². The average Bonchev–Trinajstić information content (AvgIpc) is 2.70. The molecule has 0 saturated heterocycles. The topological polar surface area (TPSA) is 82.6 Å². The highest BCUT2D eigenvalue weighted by Gasteiger charge is 2.18. The maximum absolute atomic E-state index is 13.4. The first kappa shape index (κ1) is 21.6. The first-order chi connectivity index (χ1) is 14.4. The quantitative estimate of drug-likeness (QED) is 0.384. The lowest BCUT2D eigenvalue weighted by atomic mass is 10.2. The van der Waals surface area contributed by atoms with E-state index in [0.29, 0.717) is 40.3 Å². The molecule has 0 aliphatic rings. The van der Waals surface area contributed by atoms with Gasteiger partial charge in [0.15, 0.2) is 11.5 Å². The van der Waals surface area contributed by atoms with Gasteiger partial charge in [-0.1, -0.05) is 18.5 Å². The highest BCUT2D eigenvalue weighted by molar-refractivity contribution is 6.31. The minimum Gasteiger partial charge on any atom is -0.493 e. The van der Waals surface area contributed by atoms with Crippen molar-refractivity contribution in [1.29, 1.82) is 0 Å². The number of rotatable bonds is 8. The van der Waals surface area contributed by atoms with E-state index in [1.54, 1.807) is 18.2 Å². The van der Waals surface area contributed by atoms with Gasteiger partial charge in [0, 0.05) is 30.5 Å². The van der Waals surface area contributed by atoms with Gasteiger partial charge < -0.3 is 19.5 Å². The maximum Gasteiger partial charge on any atom is 0.305 e. The molecule has 0 saturated carbocycles. The summed E-state index contributed by atoms with van der Waals surface area (Å²) in [5, 5.41) is 3.76. The molecule has 1 heterocycles. The predicted octanol–water partition coefficient (Wildman–Crippen LogP) is 5.24. The van der Waals surface area contributed by atoms with Gasteiger partial charge in [-0.3, -0.25) is 4.79 Å². The fourth-order valence-corrected chi connectivity index (χ4v) is 3.01. The zero-order valence-corrected chi connectivity index (χ0v) is 17.5. The SMILES string of the molecule is CCCC(OC(C)=O)Oc1cc2ncnc(Nc3ccc(F)c(Cl)c3)c2cc1OC. The second kappa shape index (κ2) is 9.58. The number of aromatic nitrogens is 2. The number of anilines is 2. The molecule has 158 valence electrons. The second-order valence-corrected chi connectivity index (χ2v) is 6.85. The van der Waals surface area contributed by atoms with Gasteiger partial charge >= 0.3 is 5.97 Å². The molecule has 0 aliphatic carbocycles. The number of esters is 1. The third kappa shape index (κ3) is 5.07. The van der Waals surface area contributed by atoms with Crippen molar-refractivity contribution in [2.75, 3.05) is 12.4 Å². The number of methoxy groups -OCH3 is 1. The van der Waals surface area contributed by atoms with E-state index in [9.17, 15) is 9.18 Å². The molecule has 0 amide bonds. The van der Waals surface area contributed by atoms with Crippen LogP contribution in [0.4, 0.5) is 15.9 Å². The third-order valence-electron chi connectivity index (χ3n) is 4.18. The summed E-state index contributed by atoms with van der Waals surface area (Å²) in [4.78, 5) is 19.9. The number of halogens is 2. The van der Waals surface area contributed by atoms with Crippen LogP contribution >= 0.6 is 11.6 Å². The summed E-state index contributed by atoms with van der Waals surface area (Å²) in [6, 6.07) is 7.69. The molecule has 0 spiro atoms. The summed E-state index contributed by atoms with van der Waals surface area (Å²) in [5.41, 5.74) is 1.15. The molecule has 9 heteroatoms. The molecular weight excluding hydrogens is 413 g/mol. The van der Waals surface area contributed by atoms with Crippen molar-refractivity contribution in [3.8, 4) is 11.5 Å². The van der Waals surface area contributed by atoms with E-state index in [1.807, 2.05) is 6.92 Å². The summed E-state index contributed by atoms with van der Waals surface area (Å²) in [7, 11) is 1.51. The van der Waals surface area contributed by atoms with Crippen molar-refractivity contribution in [1.82, 2.24) is 9.97 Å². The largest absolute Gasteiger partial charge is 0.493 e. The number of ether oxygens (including phenoxy) is 3. The smallest absolute Gasteiger partial charge is 0.305 e. The third-order valence-corrected chi connectivity index (χ3v) is 4.47. The Kier molecular flexibility index (Phi) is 6.89. The number of carbonyl (C=O) groups excluding carboxylic acids is 1. The van der Waals surface area contributed by atoms with Crippen LogP contribution in [0.1, 0.15) is 26.7 Å². The summed E-state index contributed by atoms with van der Waals surface area (Å²) < 4.78 is 30.0. The molecule has 3 rings (SSSR count). The van der Waals surface area contributed by atoms with Crippen molar-refractivity contribution in [3.63, 3.8) is 0 Å². The first-order valence-corrected chi connectivity index (χ1v) is 9.67. The van der Waals surface area contributed by atoms with Gasteiger partial charge in [0.25, 0.3) is 0 Å². The van der Waals surface area contributed by atoms with E-state index in [-0.39, 0.29) is 5.02 Å². The normalized spacial score (nSPS) is 11.8. The molecule has 0 bridgehead atoms. The number of hydrogen-bond donors (Lipinski definition) is 1. The van der Waals surface area contributed by atoms with Crippen LogP contribution in [-0.2, 0) is 9.53 Å². The van der Waals surface area contributed by atoms with Crippen molar-refractivity contribution in [2.24, 2.45) is 0 Å². The molecule has 7 nitrogen and oxygen atoms in total. The molecule has 0 aliphatic heterocycles. The molecule has 0 fully saturated rings. The number of nitrogens with one attached hydrogen (secondary N) is 1. The number of fused-ring (bicyclic) bond motifs is 1. The fourth-order valence-electron chi connectivity index (χ4n) is 2.83. The van der Waals surface area contributed by atoms with E-state index in [0.717, 1.165) is 6.42 Å². The van der Waals surface area contributed by atoms with Gasteiger partial charge in [-0.25, -0.2) is 14.4 Å². The van der Waals surface area contributed by atoms with Crippen LogP contribution in [0.15, 0.2) is 36.7 Å². The Hall–Kier alpha value is -3.13. The van der Waals surface area contributed by atoms with E-state index in [4.69, 9.17) is 25.8 Å². The lowest BCUT2D eigenvalue weighted by molar-refractivity contribution is -0.161. The number of hydrogen-bond acceptors (Lipinski definition) is 7. The van der Waals surface area contributed by atoms with Gasteiger partial charge in [-0.15, -0.1) is 0 Å². The van der Waals surface area contributed by atoms with Gasteiger partial charge in [-0.05, 0) is 30.7 Å². The van der Waals surface area contributed by atoms with E-state index < -0.39 is 18.1 Å². The minimum atomic E-state index is -0.736. The zero-order chi connectivity index (χ0) is 21.7. The number of benzene rings is 2. The second-order valence-electron chi connectivity index (χ2n) is 6.44. The van der Waals surface area contributed by atoms with Crippen molar-refractivity contribution in [2.45, 2.75) is 33.0 Å². The van der Waals surface area contributed by atoms with Crippen molar-refractivity contribution in [3.05, 3.63) is 47.5 Å². The van der Waals surface area contributed by atoms with Crippen LogP contribution in [0.5, 0.6) is 11.5 Å². The molecule has 3 aromatic rings.